The van der Waals surface area contributed by atoms with E-state index in [1.54, 1.807) is 21.3 Å². The Kier molecular flexibility index (Phi) is 4.81. The fourth-order valence-electron chi connectivity index (χ4n) is 5.16. The maximum Gasteiger partial charge on any atom is 0.310 e. The van der Waals surface area contributed by atoms with Gasteiger partial charge in [-0.05, 0) is 41.8 Å². The van der Waals surface area contributed by atoms with Gasteiger partial charge in [-0.25, -0.2) is 0 Å². The fraction of sp³-hybridized carbons (Fsp3) is 0.435. The third-order valence-electron chi connectivity index (χ3n) is 6.45. The van der Waals surface area contributed by atoms with Crippen LogP contribution in [0.25, 0.3) is 0 Å². The van der Waals surface area contributed by atoms with Crippen molar-refractivity contribution < 1.29 is 38.3 Å². The summed E-state index contributed by atoms with van der Waals surface area (Å²) < 4.78 is 33.5. The second-order valence-electron chi connectivity index (χ2n) is 7.83. The lowest BCUT2D eigenvalue weighted by Gasteiger charge is -2.35. The number of benzene rings is 2. The first kappa shape index (κ1) is 19.8. The van der Waals surface area contributed by atoms with Crippen molar-refractivity contribution in [2.24, 2.45) is 11.8 Å². The van der Waals surface area contributed by atoms with Crippen LogP contribution in [0.1, 0.15) is 35.1 Å². The number of aliphatic hydroxyl groups is 1. The summed E-state index contributed by atoms with van der Waals surface area (Å²) in [6.45, 7) is 0.122. The van der Waals surface area contributed by atoms with Crippen molar-refractivity contribution in [3.05, 3.63) is 41.0 Å². The molecular formula is C23H24O8. The van der Waals surface area contributed by atoms with Gasteiger partial charge in [-0.2, -0.15) is 0 Å². The van der Waals surface area contributed by atoms with E-state index in [-0.39, 0.29) is 31.2 Å². The highest BCUT2D eigenvalue weighted by atomic mass is 16.7. The van der Waals surface area contributed by atoms with Crippen molar-refractivity contribution in [3.8, 4) is 28.7 Å². The fourth-order valence-corrected chi connectivity index (χ4v) is 5.16. The van der Waals surface area contributed by atoms with Crippen LogP contribution in [-0.2, 0) is 9.53 Å². The molecule has 2 aromatic carbocycles. The van der Waals surface area contributed by atoms with E-state index in [2.05, 4.69) is 0 Å². The Morgan fingerprint density at radius 3 is 2.19 bits per heavy atom. The Balaban J connectivity index is 1.74. The summed E-state index contributed by atoms with van der Waals surface area (Å²) >= 11 is 0. The molecule has 0 amide bonds. The van der Waals surface area contributed by atoms with Crippen molar-refractivity contribution in [3.63, 3.8) is 0 Å². The van der Waals surface area contributed by atoms with E-state index < -0.39 is 12.0 Å². The van der Waals surface area contributed by atoms with E-state index in [0.717, 1.165) is 16.7 Å². The minimum atomic E-state index is -0.451. The monoisotopic (exact) mass is 428 g/mol. The molecule has 1 N–H and O–H groups in total. The van der Waals surface area contributed by atoms with Crippen molar-refractivity contribution in [1.29, 1.82) is 0 Å². The summed E-state index contributed by atoms with van der Waals surface area (Å²) in [7, 11) is 4.66. The molecule has 2 aliphatic heterocycles. The topological polar surface area (TPSA) is 92.7 Å². The number of aliphatic hydroxyl groups excluding tert-OH is 1. The van der Waals surface area contributed by atoms with E-state index in [9.17, 15) is 9.90 Å². The maximum atomic E-state index is 13.0. The summed E-state index contributed by atoms with van der Waals surface area (Å²) in [5, 5.41) is 9.69. The molecule has 164 valence electrons. The van der Waals surface area contributed by atoms with Crippen LogP contribution >= 0.6 is 0 Å². The van der Waals surface area contributed by atoms with Crippen LogP contribution < -0.4 is 23.7 Å². The van der Waals surface area contributed by atoms with Crippen LogP contribution in [0.3, 0.4) is 0 Å². The first-order valence-electron chi connectivity index (χ1n) is 10.2. The van der Waals surface area contributed by atoms with E-state index in [0.29, 0.717) is 35.2 Å². The van der Waals surface area contributed by atoms with Crippen LogP contribution in [0.2, 0.25) is 0 Å². The Hall–Kier alpha value is -3.13. The highest BCUT2D eigenvalue weighted by molar-refractivity contribution is 5.80. The first-order valence-corrected chi connectivity index (χ1v) is 10.2. The van der Waals surface area contributed by atoms with Crippen molar-refractivity contribution in [2.75, 3.05) is 34.7 Å². The molecule has 0 unspecified atom stereocenters. The molecule has 8 nitrogen and oxygen atoms in total. The van der Waals surface area contributed by atoms with Gasteiger partial charge in [-0.3, -0.25) is 4.79 Å². The lowest BCUT2D eigenvalue weighted by atomic mass is 9.66. The molecule has 2 aromatic rings. The molecule has 4 atom stereocenters. The molecule has 31 heavy (non-hydrogen) atoms. The second-order valence-corrected chi connectivity index (χ2v) is 7.83. The average Bonchev–Trinajstić information content (AvgIpc) is 3.34. The van der Waals surface area contributed by atoms with Gasteiger partial charge >= 0.3 is 5.97 Å². The molecule has 1 aliphatic carbocycles. The number of esters is 1. The van der Waals surface area contributed by atoms with E-state index in [4.69, 9.17) is 28.4 Å². The molecule has 0 saturated carbocycles. The van der Waals surface area contributed by atoms with Crippen molar-refractivity contribution in [1.82, 2.24) is 0 Å². The third-order valence-corrected chi connectivity index (χ3v) is 6.45. The second kappa shape index (κ2) is 7.53. The number of carbonyl (C=O) groups is 1. The Labute approximate surface area is 179 Å². The minimum Gasteiger partial charge on any atom is -0.493 e. The standard InChI is InChI=1S/C23H24O8/c1-26-17-6-11(7-18(27-2)22(17)28-3)19-13-8-15-16(30-10-29-15)9-14(13)21-12(4-5-24)20(19)23(25)31-21/h6-9,12,19-21,24H,4-5,10H2,1-3H3/t12-,19+,20+,21-/m0/s1. The molecule has 0 aromatic heterocycles. The molecule has 3 aliphatic rings. The van der Waals surface area contributed by atoms with Crippen LogP contribution in [-0.4, -0.2) is 45.8 Å². The summed E-state index contributed by atoms with van der Waals surface area (Å²) in [6, 6.07) is 7.56. The zero-order chi connectivity index (χ0) is 21.7. The van der Waals surface area contributed by atoms with Crippen molar-refractivity contribution in [2.45, 2.75) is 18.4 Å². The molecule has 0 radical (unpaired) electrons. The van der Waals surface area contributed by atoms with Gasteiger partial charge in [0.25, 0.3) is 0 Å². The number of ether oxygens (including phenoxy) is 6. The number of hydrogen-bond acceptors (Lipinski definition) is 8. The summed E-state index contributed by atoms with van der Waals surface area (Å²) in [4.78, 5) is 13.0. The van der Waals surface area contributed by atoms with Gasteiger partial charge in [0.1, 0.15) is 6.10 Å². The number of methoxy groups -OCH3 is 3. The van der Waals surface area contributed by atoms with Gasteiger partial charge in [-0.15, -0.1) is 0 Å². The van der Waals surface area contributed by atoms with E-state index >= 15 is 0 Å². The van der Waals surface area contributed by atoms with Gasteiger partial charge in [0, 0.05) is 24.0 Å². The molecule has 2 heterocycles. The summed E-state index contributed by atoms with van der Waals surface area (Å²) in [6.07, 6.45) is 0.0306. The van der Waals surface area contributed by atoms with Crippen LogP contribution in [0, 0.1) is 11.8 Å². The van der Waals surface area contributed by atoms with Crippen LogP contribution in [0.15, 0.2) is 24.3 Å². The number of fused-ring (bicyclic) bond motifs is 5. The van der Waals surface area contributed by atoms with Crippen molar-refractivity contribution >= 4 is 5.97 Å². The zero-order valence-electron chi connectivity index (χ0n) is 17.5. The molecular weight excluding hydrogens is 404 g/mol. The van der Waals surface area contributed by atoms with Gasteiger partial charge in [-0.1, -0.05) is 0 Å². The molecule has 1 fully saturated rings. The normalized spacial score (nSPS) is 25.1. The largest absolute Gasteiger partial charge is 0.493 e. The molecule has 0 spiro atoms. The number of carbonyl (C=O) groups excluding carboxylic acids is 1. The highest BCUT2D eigenvalue weighted by Crippen LogP contribution is 2.58. The SMILES string of the molecule is COc1cc([C@@H]2c3cc4c(cc3[C@H]3OC(=O)[C@@H]2[C@@H]3CCO)OCO4)cc(OC)c1OC. The summed E-state index contributed by atoms with van der Waals surface area (Å²) in [5.41, 5.74) is 2.65. The maximum absolute atomic E-state index is 13.0. The van der Waals surface area contributed by atoms with Gasteiger partial charge in [0.05, 0.1) is 27.2 Å². The Morgan fingerprint density at radius 1 is 0.968 bits per heavy atom. The Morgan fingerprint density at radius 2 is 1.61 bits per heavy atom. The first-order chi connectivity index (χ1) is 15.1. The quantitative estimate of drug-likeness (QED) is 0.703. The highest BCUT2D eigenvalue weighted by Gasteiger charge is 2.55. The van der Waals surface area contributed by atoms with Crippen LogP contribution in [0.4, 0.5) is 0 Å². The molecule has 8 heteroatoms. The number of rotatable bonds is 6. The lowest BCUT2D eigenvalue weighted by molar-refractivity contribution is -0.144. The zero-order valence-corrected chi connectivity index (χ0v) is 17.5. The number of hydrogen-bond donors (Lipinski definition) is 1. The van der Waals surface area contributed by atoms with Gasteiger partial charge in [0.15, 0.2) is 23.0 Å². The molecule has 5 rings (SSSR count). The lowest BCUT2D eigenvalue weighted by Crippen LogP contribution is -2.31. The predicted molar refractivity (Wildman–Crippen MR) is 108 cm³/mol. The smallest absolute Gasteiger partial charge is 0.310 e. The average molecular weight is 428 g/mol. The van der Waals surface area contributed by atoms with E-state index in [1.807, 2.05) is 24.3 Å². The molecule has 2 bridgehead atoms. The molecule has 1 saturated heterocycles. The van der Waals surface area contributed by atoms with Gasteiger partial charge < -0.3 is 33.5 Å². The Bertz CT molecular complexity index is 1010. The third kappa shape index (κ3) is 2.89. The van der Waals surface area contributed by atoms with Crippen LogP contribution in [0.5, 0.6) is 28.7 Å². The van der Waals surface area contributed by atoms with E-state index in [1.165, 1.54) is 0 Å². The van der Waals surface area contributed by atoms with Gasteiger partial charge in [0.2, 0.25) is 12.5 Å². The minimum absolute atomic E-state index is 0.0316. The summed E-state index contributed by atoms with van der Waals surface area (Å²) in [5.74, 6) is 1.55. The predicted octanol–water partition coefficient (Wildman–Crippen LogP) is 2.80.